The Morgan fingerprint density at radius 2 is 1.80 bits per heavy atom. The van der Waals surface area contributed by atoms with Gasteiger partial charge in [0.2, 0.25) is 5.91 Å². The molecule has 0 spiro atoms. The van der Waals surface area contributed by atoms with Gasteiger partial charge in [0.15, 0.2) is 0 Å². The van der Waals surface area contributed by atoms with Gasteiger partial charge in [0.05, 0.1) is 34.3 Å². The lowest BCUT2D eigenvalue weighted by Gasteiger charge is -2.17. The highest BCUT2D eigenvalue weighted by molar-refractivity contribution is 6.42. The minimum Gasteiger partial charge on any atom is -0.495 e. The number of carbonyl (C=O) groups excluding carboxylic acids is 2. The second-order valence-electron chi connectivity index (χ2n) is 5.42. The molecule has 2 aromatic rings. The van der Waals surface area contributed by atoms with E-state index in [9.17, 15) is 9.59 Å². The Kier molecular flexibility index (Phi) is 5.08. The maximum Gasteiger partial charge on any atom is 0.256 e. The van der Waals surface area contributed by atoms with Crippen LogP contribution in [0.15, 0.2) is 36.4 Å². The van der Waals surface area contributed by atoms with Crippen LogP contribution in [0.25, 0.3) is 0 Å². The summed E-state index contributed by atoms with van der Waals surface area (Å²) < 4.78 is 5.09. The number of imide groups is 1. The van der Waals surface area contributed by atoms with Crippen molar-refractivity contribution in [1.29, 1.82) is 0 Å². The highest BCUT2D eigenvalue weighted by atomic mass is 35.5. The Balaban J connectivity index is 1.81. The van der Waals surface area contributed by atoms with E-state index in [0.717, 1.165) is 4.90 Å². The topological polar surface area (TPSA) is 58.6 Å². The summed E-state index contributed by atoms with van der Waals surface area (Å²) in [5.41, 5.74) is 1.01. The molecular formula is C17H13Cl3N2O3. The third-order valence-electron chi connectivity index (χ3n) is 3.80. The number of ether oxygens (including phenoxy) is 1. The van der Waals surface area contributed by atoms with Crippen molar-refractivity contribution in [2.45, 2.75) is 12.5 Å². The first kappa shape index (κ1) is 17.9. The largest absolute Gasteiger partial charge is 0.495 e. The molecule has 2 amide bonds. The first-order chi connectivity index (χ1) is 11.9. The van der Waals surface area contributed by atoms with E-state index < -0.39 is 6.04 Å². The fourth-order valence-electron chi connectivity index (χ4n) is 2.60. The Morgan fingerprint density at radius 1 is 1.04 bits per heavy atom. The number of anilines is 2. The molecule has 8 heteroatoms. The summed E-state index contributed by atoms with van der Waals surface area (Å²) in [6.45, 7) is 0. The van der Waals surface area contributed by atoms with Crippen LogP contribution in [-0.2, 0) is 9.59 Å². The lowest BCUT2D eigenvalue weighted by molar-refractivity contribution is -0.121. The monoisotopic (exact) mass is 398 g/mol. The average Bonchev–Trinajstić information content (AvgIpc) is 2.84. The fraction of sp³-hybridized carbons (Fsp3) is 0.176. The van der Waals surface area contributed by atoms with Gasteiger partial charge in [-0.05, 0) is 36.4 Å². The molecule has 1 aliphatic heterocycles. The number of benzene rings is 2. The molecular weight excluding hydrogens is 387 g/mol. The molecule has 1 N–H and O–H groups in total. The Bertz CT molecular complexity index is 857. The third-order valence-corrected chi connectivity index (χ3v) is 4.84. The van der Waals surface area contributed by atoms with E-state index in [0.29, 0.717) is 27.2 Å². The first-order valence-electron chi connectivity index (χ1n) is 7.32. The molecule has 25 heavy (non-hydrogen) atoms. The molecule has 0 radical (unpaired) electrons. The maximum absolute atomic E-state index is 12.6. The number of halogens is 3. The van der Waals surface area contributed by atoms with Crippen molar-refractivity contribution in [2.24, 2.45) is 0 Å². The molecule has 0 bridgehead atoms. The van der Waals surface area contributed by atoms with Gasteiger partial charge in [0.25, 0.3) is 5.91 Å². The Morgan fingerprint density at radius 3 is 2.44 bits per heavy atom. The van der Waals surface area contributed by atoms with Crippen LogP contribution in [0.1, 0.15) is 6.42 Å². The quantitative estimate of drug-likeness (QED) is 0.774. The summed E-state index contributed by atoms with van der Waals surface area (Å²) in [6.07, 6.45) is 0.0305. The normalized spacial score (nSPS) is 17.1. The SMILES string of the molecule is COc1ccc(N[C@@H]2CC(=O)N(c3ccc(Cl)c(Cl)c3)C2=O)cc1Cl. The molecule has 0 unspecified atom stereocenters. The van der Waals surface area contributed by atoms with Crippen LogP contribution in [0.5, 0.6) is 5.75 Å². The highest BCUT2D eigenvalue weighted by Crippen LogP contribution is 2.32. The zero-order valence-electron chi connectivity index (χ0n) is 13.1. The number of amides is 2. The van der Waals surface area contributed by atoms with Crippen LogP contribution in [0, 0.1) is 0 Å². The van der Waals surface area contributed by atoms with Gasteiger partial charge in [-0.3, -0.25) is 9.59 Å². The lowest BCUT2D eigenvalue weighted by Crippen LogP contribution is -2.34. The van der Waals surface area contributed by atoms with E-state index in [2.05, 4.69) is 5.32 Å². The smallest absolute Gasteiger partial charge is 0.256 e. The summed E-state index contributed by atoms with van der Waals surface area (Å²) in [6, 6.07) is 8.98. The molecule has 3 rings (SSSR count). The van der Waals surface area contributed by atoms with Gasteiger partial charge in [0, 0.05) is 5.69 Å². The number of hydrogen-bond acceptors (Lipinski definition) is 4. The molecule has 1 heterocycles. The number of nitrogens with one attached hydrogen (secondary N) is 1. The van der Waals surface area contributed by atoms with Crippen molar-refractivity contribution in [1.82, 2.24) is 0 Å². The van der Waals surface area contributed by atoms with Crippen LogP contribution in [-0.4, -0.2) is 25.0 Å². The number of nitrogens with zero attached hydrogens (tertiary/aromatic N) is 1. The van der Waals surface area contributed by atoms with Gasteiger partial charge >= 0.3 is 0 Å². The predicted octanol–water partition coefficient (Wildman–Crippen LogP) is 4.40. The van der Waals surface area contributed by atoms with E-state index in [1.54, 1.807) is 30.3 Å². The lowest BCUT2D eigenvalue weighted by atomic mass is 10.2. The van der Waals surface area contributed by atoms with Crippen molar-refractivity contribution >= 4 is 58.0 Å². The molecule has 2 aromatic carbocycles. The molecule has 130 valence electrons. The van der Waals surface area contributed by atoms with Gasteiger partial charge < -0.3 is 10.1 Å². The zero-order chi connectivity index (χ0) is 18.1. The van der Waals surface area contributed by atoms with Crippen LogP contribution in [0.3, 0.4) is 0 Å². The van der Waals surface area contributed by atoms with Gasteiger partial charge in [-0.1, -0.05) is 34.8 Å². The molecule has 1 aliphatic rings. The van der Waals surface area contributed by atoms with Crippen LogP contribution < -0.4 is 15.0 Å². The van der Waals surface area contributed by atoms with Crippen molar-refractivity contribution in [2.75, 3.05) is 17.3 Å². The maximum atomic E-state index is 12.6. The third kappa shape index (κ3) is 3.54. The standard InChI is InChI=1S/C17H13Cl3N2O3/c1-25-15-5-2-9(6-13(15)20)21-14-8-16(23)22(17(14)24)10-3-4-11(18)12(19)7-10/h2-7,14,21H,8H2,1H3/t14-/m1/s1. The number of carbonyl (C=O) groups is 2. The fourth-order valence-corrected chi connectivity index (χ4v) is 3.15. The summed E-state index contributed by atoms with van der Waals surface area (Å²) in [7, 11) is 1.52. The summed E-state index contributed by atoms with van der Waals surface area (Å²) in [4.78, 5) is 26.0. The molecule has 0 aliphatic carbocycles. The zero-order valence-corrected chi connectivity index (χ0v) is 15.3. The average molecular weight is 400 g/mol. The number of methoxy groups -OCH3 is 1. The van der Waals surface area contributed by atoms with Crippen molar-refractivity contribution in [3.05, 3.63) is 51.5 Å². The Labute approximate surface area is 159 Å². The highest BCUT2D eigenvalue weighted by Gasteiger charge is 2.39. The molecule has 1 fully saturated rings. The van der Waals surface area contributed by atoms with E-state index in [-0.39, 0.29) is 23.3 Å². The van der Waals surface area contributed by atoms with Crippen LogP contribution in [0.4, 0.5) is 11.4 Å². The van der Waals surface area contributed by atoms with Gasteiger partial charge in [-0.2, -0.15) is 0 Å². The van der Waals surface area contributed by atoms with E-state index in [1.165, 1.54) is 13.2 Å². The predicted molar refractivity (Wildman–Crippen MR) is 99.0 cm³/mol. The van der Waals surface area contributed by atoms with E-state index in [1.807, 2.05) is 0 Å². The number of rotatable bonds is 4. The van der Waals surface area contributed by atoms with Crippen molar-refractivity contribution in [3.8, 4) is 5.75 Å². The van der Waals surface area contributed by atoms with Crippen molar-refractivity contribution in [3.63, 3.8) is 0 Å². The van der Waals surface area contributed by atoms with Crippen LogP contribution >= 0.6 is 34.8 Å². The number of hydrogen-bond donors (Lipinski definition) is 1. The molecule has 0 saturated carbocycles. The van der Waals surface area contributed by atoms with E-state index >= 15 is 0 Å². The molecule has 1 atom stereocenters. The van der Waals surface area contributed by atoms with Gasteiger partial charge in [-0.15, -0.1) is 0 Å². The second kappa shape index (κ2) is 7.12. The summed E-state index contributed by atoms with van der Waals surface area (Å²) >= 11 is 17.9. The molecule has 0 aromatic heterocycles. The van der Waals surface area contributed by atoms with Gasteiger partial charge in [0.1, 0.15) is 11.8 Å². The molecule has 5 nitrogen and oxygen atoms in total. The second-order valence-corrected chi connectivity index (χ2v) is 6.64. The van der Waals surface area contributed by atoms with Crippen LogP contribution in [0.2, 0.25) is 15.1 Å². The minimum atomic E-state index is -0.689. The van der Waals surface area contributed by atoms with E-state index in [4.69, 9.17) is 39.5 Å². The molecule has 1 saturated heterocycles. The Hall–Kier alpha value is -1.95. The minimum absolute atomic E-state index is 0.0305. The van der Waals surface area contributed by atoms with Gasteiger partial charge in [-0.25, -0.2) is 4.90 Å². The summed E-state index contributed by atoms with van der Waals surface area (Å²) in [5.74, 6) is -0.158. The first-order valence-corrected chi connectivity index (χ1v) is 8.46. The summed E-state index contributed by atoms with van der Waals surface area (Å²) in [5, 5.41) is 4.07. The van der Waals surface area contributed by atoms with Crippen molar-refractivity contribution < 1.29 is 14.3 Å².